The van der Waals surface area contributed by atoms with E-state index in [1.165, 1.54) is 6.20 Å². The standard InChI is InChI=1S/C15H14N2O3/c1-9-5-3-7-11(12(9)15(19)20)17-14(18)13-10(2)6-4-8-16-13/h3-8H,1-2H3,(H,17,18)(H,19,20). The number of nitrogens with one attached hydrogen (secondary N) is 1. The number of hydrogen-bond donors (Lipinski definition) is 2. The Bertz CT molecular complexity index is 681. The van der Waals surface area contributed by atoms with Gasteiger partial charge in [-0.2, -0.15) is 0 Å². The molecule has 20 heavy (non-hydrogen) atoms. The van der Waals surface area contributed by atoms with Gasteiger partial charge in [0.05, 0.1) is 11.3 Å². The van der Waals surface area contributed by atoms with E-state index in [-0.39, 0.29) is 16.9 Å². The highest BCUT2D eigenvalue weighted by Crippen LogP contribution is 2.20. The van der Waals surface area contributed by atoms with E-state index in [1.807, 2.05) is 0 Å². The second-order valence-electron chi connectivity index (χ2n) is 4.43. The minimum atomic E-state index is -1.07. The number of carboxylic acids is 1. The normalized spacial score (nSPS) is 10.1. The zero-order valence-corrected chi connectivity index (χ0v) is 11.2. The first-order chi connectivity index (χ1) is 9.50. The van der Waals surface area contributed by atoms with E-state index in [9.17, 15) is 14.7 Å². The topological polar surface area (TPSA) is 79.3 Å². The fraction of sp³-hybridized carbons (Fsp3) is 0.133. The zero-order valence-electron chi connectivity index (χ0n) is 11.2. The fourth-order valence-corrected chi connectivity index (χ4v) is 1.96. The number of aromatic nitrogens is 1. The van der Waals surface area contributed by atoms with Crippen LogP contribution in [-0.4, -0.2) is 22.0 Å². The molecule has 1 amide bonds. The minimum Gasteiger partial charge on any atom is -0.478 e. The molecule has 1 heterocycles. The van der Waals surface area contributed by atoms with Gasteiger partial charge in [0.1, 0.15) is 5.69 Å². The minimum absolute atomic E-state index is 0.0921. The average molecular weight is 270 g/mol. The van der Waals surface area contributed by atoms with Crippen molar-refractivity contribution < 1.29 is 14.7 Å². The second kappa shape index (κ2) is 5.52. The van der Waals surface area contributed by atoms with E-state index in [1.54, 1.807) is 44.2 Å². The monoisotopic (exact) mass is 270 g/mol. The number of pyridine rings is 1. The SMILES string of the molecule is Cc1cccnc1C(=O)Nc1cccc(C)c1C(=O)O. The first-order valence-corrected chi connectivity index (χ1v) is 6.06. The molecule has 0 spiro atoms. The maximum atomic E-state index is 12.2. The highest BCUT2D eigenvalue weighted by Gasteiger charge is 2.17. The van der Waals surface area contributed by atoms with Crippen molar-refractivity contribution in [2.24, 2.45) is 0 Å². The quantitative estimate of drug-likeness (QED) is 0.898. The van der Waals surface area contributed by atoms with Crippen molar-refractivity contribution in [3.05, 3.63) is 58.9 Å². The van der Waals surface area contributed by atoms with Crippen molar-refractivity contribution in [3.63, 3.8) is 0 Å². The molecule has 0 aliphatic carbocycles. The molecule has 0 atom stereocenters. The van der Waals surface area contributed by atoms with Crippen molar-refractivity contribution in [2.45, 2.75) is 13.8 Å². The third-order valence-electron chi connectivity index (χ3n) is 2.96. The summed E-state index contributed by atoms with van der Waals surface area (Å²) in [5, 5.41) is 11.8. The third kappa shape index (κ3) is 2.66. The molecule has 2 rings (SSSR count). The van der Waals surface area contributed by atoms with Crippen LogP contribution in [0.1, 0.15) is 32.0 Å². The van der Waals surface area contributed by atoms with Crippen LogP contribution in [-0.2, 0) is 0 Å². The summed E-state index contributed by atoms with van der Waals surface area (Å²) in [6, 6.07) is 8.46. The van der Waals surface area contributed by atoms with E-state index >= 15 is 0 Å². The number of hydrogen-bond acceptors (Lipinski definition) is 3. The van der Waals surface area contributed by atoms with Gasteiger partial charge in [0.15, 0.2) is 0 Å². The molecule has 5 heteroatoms. The summed E-state index contributed by atoms with van der Waals surface area (Å²) < 4.78 is 0. The van der Waals surface area contributed by atoms with Gasteiger partial charge in [-0.05, 0) is 37.1 Å². The molecule has 0 fully saturated rings. The van der Waals surface area contributed by atoms with E-state index in [4.69, 9.17) is 0 Å². The van der Waals surface area contributed by atoms with Gasteiger partial charge in [-0.15, -0.1) is 0 Å². The molecule has 0 aliphatic heterocycles. The molecular weight excluding hydrogens is 256 g/mol. The summed E-state index contributed by atoms with van der Waals surface area (Å²) in [4.78, 5) is 27.4. The Kier molecular flexibility index (Phi) is 3.79. The molecule has 2 N–H and O–H groups in total. The van der Waals surface area contributed by atoms with Crippen LogP contribution in [0.2, 0.25) is 0 Å². The number of aryl methyl sites for hydroxylation is 2. The molecule has 1 aromatic heterocycles. The van der Waals surface area contributed by atoms with E-state index in [0.29, 0.717) is 5.56 Å². The molecule has 5 nitrogen and oxygen atoms in total. The summed E-state index contributed by atoms with van der Waals surface area (Å²) >= 11 is 0. The summed E-state index contributed by atoms with van der Waals surface area (Å²) in [5.41, 5.74) is 1.97. The average Bonchev–Trinajstić information content (AvgIpc) is 2.38. The van der Waals surface area contributed by atoms with Gasteiger partial charge < -0.3 is 10.4 Å². The number of carbonyl (C=O) groups excluding carboxylic acids is 1. The molecule has 0 unspecified atom stereocenters. The number of nitrogens with zero attached hydrogens (tertiary/aromatic N) is 1. The van der Waals surface area contributed by atoms with Crippen molar-refractivity contribution in [1.29, 1.82) is 0 Å². The van der Waals surface area contributed by atoms with Crippen molar-refractivity contribution in [1.82, 2.24) is 4.98 Å². The first kappa shape index (κ1) is 13.7. The number of rotatable bonds is 3. The molecule has 0 bridgehead atoms. The third-order valence-corrected chi connectivity index (χ3v) is 2.96. The zero-order chi connectivity index (χ0) is 14.7. The number of carboxylic acid groups (broad SMARTS) is 1. The number of benzene rings is 1. The first-order valence-electron chi connectivity index (χ1n) is 6.06. The largest absolute Gasteiger partial charge is 0.478 e. The Labute approximate surface area is 116 Å². The summed E-state index contributed by atoms with van der Waals surface area (Å²) in [7, 11) is 0. The molecule has 102 valence electrons. The van der Waals surface area contributed by atoms with Crippen LogP contribution in [0.5, 0.6) is 0 Å². The van der Waals surface area contributed by atoms with E-state index in [0.717, 1.165) is 5.56 Å². The predicted molar refractivity (Wildman–Crippen MR) is 75.1 cm³/mol. The molecule has 0 saturated heterocycles. The van der Waals surface area contributed by atoms with Gasteiger partial charge in [-0.3, -0.25) is 9.78 Å². The lowest BCUT2D eigenvalue weighted by Gasteiger charge is -2.11. The molecule has 0 aliphatic rings. The summed E-state index contributed by atoms with van der Waals surface area (Å²) in [5.74, 6) is -1.49. The predicted octanol–water partition coefficient (Wildman–Crippen LogP) is 2.65. The van der Waals surface area contributed by atoms with Crippen molar-refractivity contribution >= 4 is 17.6 Å². The highest BCUT2D eigenvalue weighted by atomic mass is 16.4. The Hall–Kier alpha value is -2.69. The van der Waals surface area contributed by atoms with Crippen LogP contribution in [0.15, 0.2) is 36.5 Å². The highest BCUT2D eigenvalue weighted by molar-refractivity contribution is 6.07. The van der Waals surface area contributed by atoms with Gasteiger partial charge in [0, 0.05) is 6.20 Å². The maximum Gasteiger partial charge on any atom is 0.338 e. The summed E-state index contributed by atoms with van der Waals surface area (Å²) in [6.07, 6.45) is 1.52. The molecule has 0 saturated carbocycles. The van der Waals surface area contributed by atoms with Crippen LogP contribution in [0, 0.1) is 13.8 Å². The molecule has 2 aromatic rings. The number of amides is 1. The van der Waals surface area contributed by atoms with Crippen LogP contribution >= 0.6 is 0 Å². The van der Waals surface area contributed by atoms with Gasteiger partial charge in [-0.1, -0.05) is 18.2 Å². The second-order valence-corrected chi connectivity index (χ2v) is 4.43. The van der Waals surface area contributed by atoms with Gasteiger partial charge >= 0.3 is 5.97 Å². The Morgan fingerprint density at radius 1 is 1.10 bits per heavy atom. The Morgan fingerprint density at radius 3 is 2.45 bits per heavy atom. The summed E-state index contributed by atoms with van der Waals surface area (Å²) in [6.45, 7) is 3.46. The Balaban J connectivity index is 2.36. The van der Waals surface area contributed by atoms with Crippen LogP contribution in [0.25, 0.3) is 0 Å². The lowest BCUT2D eigenvalue weighted by Crippen LogP contribution is -2.17. The van der Waals surface area contributed by atoms with Crippen LogP contribution in [0.4, 0.5) is 5.69 Å². The van der Waals surface area contributed by atoms with Gasteiger partial charge in [0.2, 0.25) is 0 Å². The van der Waals surface area contributed by atoms with Gasteiger partial charge in [-0.25, -0.2) is 4.79 Å². The van der Waals surface area contributed by atoms with Crippen molar-refractivity contribution in [2.75, 3.05) is 5.32 Å². The fourth-order valence-electron chi connectivity index (χ4n) is 1.96. The van der Waals surface area contributed by atoms with Gasteiger partial charge in [0.25, 0.3) is 5.91 Å². The van der Waals surface area contributed by atoms with Crippen LogP contribution < -0.4 is 5.32 Å². The van der Waals surface area contributed by atoms with E-state index in [2.05, 4.69) is 10.3 Å². The molecule has 1 aromatic carbocycles. The lowest BCUT2D eigenvalue weighted by molar-refractivity contribution is 0.0697. The molecular formula is C15H14N2O3. The number of anilines is 1. The lowest BCUT2D eigenvalue weighted by atomic mass is 10.1. The number of aromatic carboxylic acids is 1. The van der Waals surface area contributed by atoms with Crippen LogP contribution in [0.3, 0.4) is 0 Å². The Morgan fingerprint density at radius 2 is 1.80 bits per heavy atom. The molecule has 0 radical (unpaired) electrons. The smallest absolute Gasteiger partial charge is 0.338 e. The van der Waals surface area contributed by atoms with Crippen molar-refractivity contribution in [3.8, 4) is 0 Å². The number of carbonyl (C=O) groups is 2. The maximum absolute atomic E-state index is 12.2. The van der Waals surface area contributed by atoms with E-state index < -0.39 is 11.9 Å².